The molecule has 0 unspecified atom stereocenters. The summed E-state index contributed by atoms with van der Waals surface area (Å²) < 4.78 is 10.4. The number of hydrogen-bond donors (Lipinski definition) is 2. The van der Waals surface area contributed by atoms with Gasteiger partial charge in [0.1, 0.15) is 12.4 Å². The van der Waals surface area contributed by atoms with Crippen molar-refractivity contribution in [2.45, 2.75) is 6.92 Å². The molecule has 20 heavy (non-hydrogen) atoms. The van der Waals surface area contributed by atoms with Crippen LogP contribution in [0.4, 0.5) is 5.69 Å². The molecular formula is C15H22N2O3. The molecule has 1 aliphatic heterocycles. The van der Waals surface area contributed by atoms with Gasteiger partial charge < -0.3 is 20.1 Å². The van der Waals surface area contributed by atoms with Crippen LogP contribution in [0.5, 0.6) is 5.75 Å². The van der Waals surface area contributed by atoms with E-state index in [4.69, 9.17) is 9.47 Å². The van der Waals surface area contributed by atoms with Gasteiger partial charge in [0.15, 0.2) is 0 Å². The van der Waals surface area contributed by atoms with Gasteiger partial charge in [-0.25, -0.2) is 0 Å². The van der Waals surface area contributed by atoms with Gasteiger partial charge in [-0.15, -0.1) is 0 Å². The molecule has 0 radical (unpaired) electrons. The van der Waals surface area contributed by atoms with Crippen molar-refractivity contribution >= 4 is 11.6 Å². The highest BCUT2D eigenvalue weighted by molar-refractivity contribution is 5.93. The van der Waals surface area contributed by atoms with E-state index >= 15 is 0 Å². The van der Waals surface area contributed by atoms with Crippen molar-refractivity contribution in [3.63, 3.8) is 0 Å². The van der Waals surface area contributed by atoms with Crippen molar-refractivity contribution in [3.05, 3.63) is 24.3 Å². The molecule has 0 aromatic heterocycles. The van der Waals surface area contributed by atoms with Crippen LogP contribution in [-0.2, 0) is 9.53 Å². The monoisotopic (exact) mass is 278 g/mol. The molecule has 1 aromatic carbocycles. The van der Waals surface area contributed by atoms with Crippen molar-refractivity contribution in [3.8, 4) is 5.75 Å². The number of benzene rings is 1. The second-order valence-electron chi connectivity index (χ2n) is 5.10. The molecule has 0 aliphatic carbocycles. The molecule has 5 nitrogen and oxygen atoms in total. The minimum atomic E-state index is 0.0487. The minimum absolute atomic E-state index is 0.0487. The molecule has 110 valence electrons. The molecule has 2 atom stereocenters. The topological polar surface area (TPSA) is 59.6 Å². The standard InChI is InChI=1S/C15H22N2O3/c1-11-9-16-10-14(11)15(18)17-12-3-5-13(6-4-12)20-8-7-19-2/h3-6,11,14,16H,7-10H2,1-2H3,(H,17,18)/t11-,14-/m1/s1. The van der Waals surface area contributed by atoms with Gasteiger partial charge in [-0.05, 0) is 36.7 Å². The van der Waals surface area contributed by atoms with E-state index in [1.807, 2.05) is 24.3 Å². The SMILES string of the molecule is COCCOc1ccc(NC(=O)[C@@H]2CNC[C@H]2C)cc1. The highest BCUT2D eigenvalue weighted by atomic mass is 16.5. The first-order valence-electron chi connectivity index (χ1n) is 6.94. The average molecular weight is 278 g/mol. The Kier molecular flexibility index (Phi) is 5.38. The van der Waals surface area contributed by atoms with Gasteiger partial charge in [0.2, 0.25) is 5.91 Å². The summed E-state index contributed by atoms with van der Waals surface area (Å²) >= 11 is 0. The Bertz CT molecular complexity index is 433. The van der Waals surface area contributed by atoms with E-state index in [1.165, 1.54) is 0 Å². The van der Waals surface area contributed by atoms with Gasteiger partial charge in [0.25, 0.3) is 0 Å². The molecule has 2 N–H and O–H groups in total. The molecule has 1 aromatic rings. The lowest BCUT2D eigenvalue weighted by atomic mass is 9.97. The van der Waals surface area contributed by atoms with Gasteiger partial charge in [0.05, 0.1) is 12.5 Å². The molecule has 0 bridgehead atoms. The van der Waals surface area contributed by atoms with Crippen molar-refractivity contribution in [2.75, 3.05) is 38.7 Å². The molecule has 0 spiro atoms. The average Bonchev–Trinajstić information content (AvgIpc) is 2.87. The van der Waals surface area contributed by atoms with Crippen molar-refractivity contribution in [1.82, 2.24) is 5.32 Å². The van der Waals surface area contributed by atoms with Crippen LogP contribution >= 0.6 is 0 Å². The van der Waals surface area contributed by atoms with E-state index in [0.29, 0.717) is 19.1 Å². The smallest absolute Gasteiger partial charge is 0.229 e. The fraction of sp³-hybridized carbons (Fsp3) is 0.533. The number of carbonyl (C=O) groups excluding carboxylic acids is 1. The zero-order chi connectivity index (χ0) is 14.4. The molecular weight excluding hydrogens is 256 g/mol. The number of methoxy groups -OCH3 is 1. The van der Waals surface area contributed by atoms with Gasteiger partial charge in [-0.3, -0.25) is 4.79 Å². The first-order chi connectivity index (χ1) is 9.70. The Hall–Kier alpha value is -1.59. The summed E-state index contributed by atoms with van der Waals surface area (Å²) in [5.41, 5.74) is 0.799. The Morgan fingerprint density at radius 1 is 1.30 bits per heavy atom. The molecule has 1 aliphatic rings. The molecule has 1 heterocycles. The number of amides is 1. The highest BCUT2D eigenvalue weighted by Crippen LogP contribution is 2.20. The Balaban J connectivity index is 1.85. The fourth-order valence-corrected chi connectivity index (χ4v) is 2.27. The summed E-state index contributed by atoms with van der Waals surface area (Å²) in [7, 11) is 1.64. The van der Waals surface area contributed by atoms with Crippen LogP contribution in [0.2, 0.25) is 0 Å². The summed E-state index contributed by atoms with van der Waals surface area (Å²) in [5, 5.41) is 6.18. The number of anilines is 1. The Morgan fingerprint density at radius 2 is 2.05 bits per heavy atom. The van der Waals surface area contributed by atoms with Crippen LogP contribution in [0.15, 0.2) is 24.3 Å². The first kappa shape index (κ1) is 14.8. The zero-order valence-electron chi connectivity index (χ0n) is 12.0. The van der Waals surface area contributed by atoms with Crippen LogP contribution in [0.3, 0.4) is 0 Å². The van der Waals surface area contributed by atoms with E-state index in [1.54, 1.807) is 7.11 Å². The third kappa shape index (κ3) is 3.95. The van der Waals surface area contributed by atoms with E-state index in [2.05, 4.69) is 17.6 Å². The minimum Gasteiger partial charge on any atom is -0.491 e. The lowest BCUT2D eigenvalue weighted by Gasteiger charge is -2.14. The van der Waals surface area contributed by atoms with Crippen LogP contribution < -0.4 is 15.4 Å². The molecule has 0 saturated carbocycles. The second-order valence-corrected chi connectivity index (χ2v) is 5.10. The van der Waals surface area contributed by atoms with Crippen molar-refractivity contribution in [2.24, 2.45) is 11.8 Å². The van der Waals surface area contributed by atoms with E-state index < -0.39 is 0 Å². The van der Waals surface area contributed by atoms with Crippen LogP contribution in [0, 0.1) is 11.8 Å². The normalized spacial score (nSPS) is 21.7. The largest absolute Gasteiger partial charge is 0.491 e. The summed E-state index contributed by atoms with van der Waals surface area (Å²) in [6, 6.07) is 7.41. The van der Waals surface area contributed by atoms with Gasteiger partial charge in [-0.1, -0.05) is 6.92 Å². The summed E-state index contributed by atoms with van der Waals surface area (Å²) in [6.45, 7) is 4.84. The summed E-state index contributed by atoms with van der Waals surface area (Å²) in [5.74, 6) is 1.28. The van der Waals surface area contributed by atoms with E-state index in [0.717, 1.165) is 24.5 Å². The van der Waals surface area contributed by atoms with Crippen LogP contribution in [-0.4, -0.2) is 39.3 Å². The third-order valence-electron chi connectivity index (χ3n) is 3.53. The number of ether oxygens (including phenoxy) is 2. The third-order valence-corrected chi connectivity index (χ3v) is 3.53. The highest BCUT2D eigenvalue weighted by Gasteiger charge is 2.29. The maximum absolute atomic E-state index is 12.1. The second kappa shape index (κ2) is 7.26. The predicted octanol–water partition coefficient (Wildman–Crippen LogP) is 1.51. The van der Waals surface area contributed by atoms with E-state index in [9.17, 15) is 4.79 Å². The van der Waals surface area contributed by atoms with Gasteiger partial charge in [-0.2, -0.15) is 0 Å². The molecule has 1 fully saturated rings. The molecule has 5 heteroatoms. The van der Waals surface area contributed by atoms with Crippen LogP contribution in [0.25, 0.3) is 0 Å². The molecule has 1 saturated heterocycles. The number of nitrogens with one attached hydrogen (secondary N) is 2. The quantitative estimate of drug-likeness (QED) is 0.774. The maximum atomic E-state index is 12.1. The van der Waals surface area contributed by atoms with Gasteiger partial charge in [0, 0.05) is 19.3 Å². The molecule has 2 rings (SSSR count). The number of hydrogen-bond acceptors (Lipinski definition) is 4. The maximum Gasteiger partial charge on any atom is 0.229 e. The molecule has 1 amide bonds. The van der Waals surface area contributed by atoms with Gasteiger partial charge >= 0.3 is 0 Å². The summed E-state index contributed by atoms with van der Waals surface area (Å²) in [4.78, 5) is 12.1. The number of rotatable bonds is 6. The first-order valence-corrected chi connectivity index (χ1v) is 6.94. The predicted molar refractivity (Wildman–Crippen MR) is 78.0 cm³/mol. The lowest BCUT2D eigenvalue weighted by molar-refractivity contribution is -0.120. The Morgan fingerprint density at radius 3 is 2.65 bits per heavy atom. The van der Waals surface area contributed by atoms with Crippen molar-refractivity contribution in [1.29, 1.82) is 0 Å². The fourth-order valence-electron chi connectivity index (χ4n) is 2.27. The summed E-state index contributed by atoms with van der Waals surface area (Å²) in [6.07, 6.45) is 0. The lowest BCUT2D eigenvalue weighted by Crippen LogP contribution is -2.27. The number of carbonyl (C=O) groups is 1. The van der Waals surface area contributed by atoms with Crippen LogP contribution in [0.1, 0.15) is 6.92 Å². The van der Waals surface area contributed by atoms with Crippen molar-refractivity contribution < 1.29 is 14.3 Å². The Labute approximate surface area is 119 Å². The van der Waals surface area contributed by atoms with E-state index in [-0.39, 0.29) is 11.8 Å². The zero-order valence-corrected chi connectivity index (χ0v) is 12.0.